The van der Waals surface area contributed by atoms with Crippen molar-refractivity contribution >= 4 is 17.8 Å². The molecule has 1 aromatic heterocycles. The number of amides is 1. The van der Waals surface area contributed by atoms with Crippen molar-refractivity contribution in [1.29, 1.82) is 0 Å². The number of Topliss-reactive ketones (excluding diaryl/α,β-unsaturated/α-hetero) is 1. The van der Waals surface area contributed by atoms with Crippen LogP contribution in [0, 0.1) is 0 Å². The number of ketones is 1. The predicted octanol–water partition coefficient (Wildman–Crippen LogP) is 4.10. The van der Waals surface area contributed by atoms with Gasteiger partial charge in [0, 0.05) is 56.6 Å². The van der Waals surface area contributed by atoms with E-state index in [-0.39, 0.29) is 18.1 Å². The fourth-order valence-corrected chi connectivity index (χ4v) is 5.63. The molecule has 1 amide bonds. The number of benzene rings is 2. The SMILES string of the molecule is CN1CCN(CCCOc2ccc3c(c2)C=C(C2=CC(NC(=O)c4cnn(Cc5ccccc5)c4)=CCC2=O)C3)CC1. The van der Waals surface area contributed by atoms with Gasteiger partial charge in [0.15, 0.2) is 5.78 Å². The van der Waals surface area contributed by atoms with Crippen LogP contribution >= 0.6 is 0 Å². The van der Waals surface area contributed by atoms with Crippen molar-refractivity contribution in [3.63, 3.8) is 0 Å². The van der Waals surface area contributed by atoms with Gasteiger partial charge in [-0.05, 0) is 60.4 Å². The Hall–Kier alpha value is -4.27. The summed E-state index contributed by atoms with van der Waals surface area (Å²) in [5.74, 6) is 0.668. The van der Waals surface area contributed by atoms with E-state index in [9.17, 15) is 9.59 Å². The first-order valence-electron chi connectivity index (χ1n) is 14.7. The van der Waals surface area contributed by atoms with Crippen molar-refractivity contribution in [3.05, 3.63) is 112 Å². The number of nitrogens with one attached hydrogen (secondary N) is 1. The number of fused-ring (bicyclic) bond motifs is 1. The lowest BCUT2D eigenvalue weighted by Crippen LogP contribution is -2.44. The number of rotatable bonds is 10. The number of allylic oxidation sites excluding steroid dienone is 4. The molecule has 0 spiro atoms. The number of likely N-dealkylation sites (N-methyl/N-ethyl adjacent to an activating group) is 1. The molecule has 8 nitrogen and oxygen atoms in total. The average Bonchev–Trinajstić information content (AvgIpc) is 3.65. The second-order valence-corrected chi connectivity index (χ2v) is 11.3. The first-order valence-corrected chi connectivity index (χ1v) is 14.7. The maximum absolute atomic E-state index is 13.0. The predicted molar refractivity (Wildman–Crippen MR) is 163 cm³/mol. The Morgan fingerprint density at radius 3 is 2.71 bits per heavy atom. The van der Waals surface area contributed by atoms with Gasteiger partial charge in [0.2, 0.25) is 0 Å². The molecular weight excluding hydrogens is 526 g/mol. The van der Waals surface area contributed by atoms with Gasteiger partial charge >= 0.3 is 0 Å². The summed E-state index contributed by atoms with van der Waals surface area (Å²) in [4.78, 5) is 30.7. The normalized spacial score (nSPS) is 17.4. The summed E-state index contributed by atoms with van der Waals surface area (Å²) in [6, 6.07) is 16.2. The highest BCUT2D eigenvalue weighted by Gasteiger charge is 2.24. The molecule has 42 heavy (non-hydrogen) atoms. The summed E-state index contributed by atoms with van der Waals surface area (Å²) in [5, 5.41) is 7.30. The second kappa shape index (κ2) is 12.7. The van der Waals surface area contributed by atoms with Gasteiger partial charge in [-0.1, -0.05) is 48.6 Å². The maximum Gasteiger partial charge on any atom is 0.258 e. The fourth-order valence-electron chi connectivity index (χ4n) is 5.63. The quantitative estimate of drug-likeness (QED) is 0.374. The Morgan fingerprint density at radius 2 is 1.88 bits per heavy atom. The summed E-state index contributed by atoms with van der Waals surface area (Å²) in [6.45, 7) is 6.84. The third kappa shape index (κ3) is 6.78. The standard InChI is InChI=1S/C34H37N5O3/c1-37-13-15-38(16-14-37)12-5-17-42-31-10-8-26-18-28(19-27(26)20-31)32-21-30(9-11-33(32)40)36-34(41)29-22-35-39(24-29)23-25-6-3-2-4-7-25/h2-4,6-10,19-22,24H,5,11-18,23H2,1H3,(H,36,41). The summed E-state index contributed by atoms with van der Waals surface area (Å²) < 4.78 is 7.82. The van der Waals surface area contributed by atoms with Crippen molar-refractivity contribution in [3.8, 4) is 5.75 Å². The Bertz CT molecular complexity index is 1540. The monoisotopic (exact) mass is 563 g/mol. The Kier molecular flexibility index (Phi) is 8.44. The van der Waals surface area contributed by atoms with E-state index in [0.29, 0.717) is 36.4 Å². The van der Waals surface area contributed by atoms with Crippen LogP contribution in [0.5, 0.6) is 5.75 Å². The molecule has 0 unspecified atom stereocenters. The van der Waals surface area contributed by atoms with Crippen molar-refractivity contribution in [1.82, 2.24) is 24.9 Å². The van der Waals surface area contributed by atoms with Crippen LogP contribution < -0.4 is 10.1 Å². The molecule has 0 atom stereocenters. The van der Waals surface area contributed by atoms with E-state index in [4.69, 9.17) is 4.74 Å². The number of ether oxygens (including phenoxy) is 1. The van der Waals surface area contributed by atoms with Gasteiger partial charge < -0.3 is 19.9 Å². The highest BCUT2D eigenvalue weighted by atomic mass is 16.5. The highest BCUT2D eigenvalue weighted by molar-refractivity contribution is 6.04. The Morgan fingerprint density at radius 1 is 1.05 bits per heavy atom. The van der Waals surface area contributed by atoms with E-state index in [1.807, 2.05) is 36.4 Å². The topological polar surface area (TPSA) is 79.7 Å². The van der Waals surface area contributed by atoms with Crippen LogP contribution in [-0.2, 0) is 17.8 Å². The molecular formula is C34H37N5O3. The summed E-state index contributed by atoms with van der Waals surface area (Å²) in [7, 11) is 2.17. The van der Waals surface area contributed by atoms with Gasteiger partial charge in [-0.3, -0.25) is 14.3 Å². The van der Waals surface area contributed by atoms with Crippen LogP contribution in [0.4, 0.5) is 0 Å². The van der Waals surface area contributed by atoms with E-state index in [0.717, 1.165) is 61.6 Å². The zero-order chi connectivity index (χ0) is 28.9. The molecule has 1 fully saturated rings. The Labute approximate surface area is 247 Å². The van der Waals surface area contributed by atoms with E-state index in [1.54, 1.807) is 29.2 Å². The maximum atomic E-state index is 13.0. The average molecular weight is 564 g/mol. The van der Waals surface area contributed by atoms with E-state index < -0.39 is 0 Å². The third-order valence-electron chi connectivity index (χ3n) is 8.11. The molecule has 2 aromatic carbocycles. The molecule has 1 N–H and O–H groups in total. The molecule has 0 radical (unpaired) electrons. The van der Waals surface area contributed by atoms with Crippen molar-refractivity contribution in [2.45, 2.75) is 25.8 Å². The summed E-state index contributed by atoms with van der Waals surface area (Å²) >= 11 is 0. The number of carbonyl (C=O) groups is 2. The zero-order valence-electron chi connectivity index (χ0n) is 24.1. The second-order valence-electron chi connectivity index (χ2n) is 11.3. The van der Waals surface area contributed by atoms with Gasteiger partial charge in [-0.2, -0.15) is 5.10 Å². The number of carbonyl (C=O) groups excluding carboxylic acids is 2. The Balaban J connectivity index is 1.05. The lowest BCUT2D eigenvalue weighted by atomic mass is 9.93. The number of hydrogen-bond acceptors (Lipinski definition) is 6. The largest absolute Gasteiger partial charge is 0.494 e. The highest BCUT2D eigenvalue weighted by Crippen LogP contribution is 2.34. The van der Waals surface area contributed by atoms with Crippen LogP contribution in [0.25, 0.3) is 6.08 Å². The lowest BCUT2D eigenvalue weighted by molar-refractivity contribution is -0.114. The lowest BCUT2D eigenvalue weighted by Gasteiger charge is -2.32. The molecule has 0 bridgehead atoms. The van der Waals surface area contributed by atoms with Gasteiger partial charge in [-0.25, -0.2) is 0 Å². The smallest absolute Gasteiger partial charge is 0.258 e. The van der Waals surface area contributed by atoms with Crippen molar-refractivity contribution < 1.29 is 14.3 Å². The number of piperazine rings is 1. The number of hydrogen-bond donors (Lipinski definition) is 1. The van der Waals surface area contributed by atoms with Gasteiger partial charge in [0.1, 0.15) is 5.75 Å². The van der Waals surface area contributed by atoms with E-state index in [2.05, 4.69) is 45.5 Å². The van der Waals surface area contributed by atoms with E-state index >= 15 is 0 Å². The van der Waals surface area contributed by atoms with E-state index in [1.165, 1.54) is 5.56 Å². The number of nitrogens with zero attached hydrogens (tertiary/aromatic N) is 4. The molecule has 0 saturated carbocycles. The summed E-state index contributed by atoms with van der Waals surface area (Å²) in [6.07, 6.45) is 10.9. The molecule has 6 rings (SSSR count). The van der Waals surface area contributed by atoms with Gasteiger partial charge in [0.25, 0.3) is 5.91 Å². The van der Waals surface area contributed by atoms with Crippen molar-refractivity contribution in [2.75, 3.05) is 46.4 Å². The molecule has 216 valence electrons. The molecule has 2 aliphatic carbocycles. The molecule has 1 saturated heterocycles. The van der Waals surface area contributed by atoms with Crippen LogP contribution in [0.3, 0.4) is 0 Å². The van der Waals surface area contributed by atoms with Crippen LogP contribution in [0.1, 0.15) is 39.9 Å². The summed E-state index contributed by atoms with van der Waals surface area (Å²) in [5.41, 5.74) is 6.10. The first-order chi connectivity index (χ1) is 20.5. The fraction of sp³-hybridized carbons (Fsp3) is 0.324. The first kappa shape index (κ1) is 27.9. The third-order valence-corrected chi connectivity index (χ3v) is 8.11. The minimum Gasteiger partial charge on any atom is -0.494 e. The van der Waals surface area contributed by atoms with Crippen molar-refractivity contribution in [2.24, 2.45) is 0 Å². The van der Waals surface area contributed by atoms with Crippen LogP contribution in [0.2, 0.25) is 0 Å². The van der Waals surface area contributed by atoms with Gasteiger partial charge in [-0.15, -0.1) is 0 Å². The minimum absolute atomic E-state index is 0.0584. The minimum atomic E-state index is -0.247. The van der Waals surface area contributed by atoms with Crippen LogP contribution in [-0.4, -0.2) is 77.6 Å². The molecule has 8 heteroatoms. The molecule has 3 aliphatic rings. The molecule has 3 aromatic rings. The molecule has 1 aliphatic heterocycles. The zero-order valence-corrected chi connectivity index (χ0v) is 24.1. The van der Waals surface area contributed by atoms with Gasteiger partial charge in [0.05, 0.1) is 24.9 Å². The number of aromatic nitrogens is 2. The molecule has 2 heterocycles. The van der Waals surface area contributed by atoms with Crippen LogP contribution in [0.15, 0.2) is 89.9 Å².